The number of sulfone groups is 1. The number of aliphatic hydroxyl groups is 1. The smallest absolute Gasteiger partial charge is 0.281 e. The van der Waals surface area contributed by atoms with Crippen molar-refractivity contribution in [1.29, 1.82) is 0 Å². The van der Waals surface area contributed by atoms with Crippen LogP contribution in [0.4, 0.5) is 18.9 Å². The van der Waals surface area contributed by atoms with E-state index in [0.717, 1.165) is 24.3 Å². The largest absolute Gasteiger partial charge is 0.458 e. The number of fused-ring (bicyclic) bond motifs is 1. The van der Waals surface area contributed by atoms with Gasteiger partial charge in [0, 0.05) is 23.6 Å². The van der Waals surface area contributed by atoms with Gasteiger partial charge in [0.25, 0.3) is 5.92 Å². The molecule has 0 unspecified atom stereocenters. The lowest BCUT2D eigenvalue weighted by Crippen LogP contribution is -2.22. The second-order valence-corrected chi connectivity index (χ2v) is 8.42. The van der Waals surface area contributed by atoms with Crippen molar-refractivity contribution in [3.8, 4) is 11.5 Å². The predicted octanol–water partition coefficient (Wildman–Crippen LogP) is 4.36. The van der Waals surface area contributed by atoms with Crippen LogP contribution in [0.5, 0.6) is 11.5 Å². The Labute approximate surface area is 157 Å². The summed E-state index contributed by atoms with van der Waals surface area (Å²) < 4.78 is 71.3. The zero-order chi connectivity index (χ0) is 20.0. The highest BCUT2D eigenvalue weighted by Gasteiger charge is 2.50. The fraction of sp³-hybridized carbons (Fsp3) is 0.235. The van der Waals surface area contributed by atoms with Gasteiger partial charge >= 0.3 is 0 Å². The number of nitrogens with zero attached hydrogens (tertiary/aromatic N) is 1. The molecule has 2 aromatic rings. The maximum Gasteiger partial charge on any atom is 0.281 e. The lowest BCUT2D eigenvalue weighted by atomic mass is 10.1. The summed E-state index contributed by atoms with van der Waals surface area (Å²) in [6.45, 7) is 6.93. The van der Waals surface area contributed by atoms with Crippen molar-refractivity contribution in [3.05, 3.63) is 58.7 Å². The third-order valence-corrected chi connectivity index (χ3v) is 6.23. The van der Waals surface area contributed by atoms with Gasteiger partial charge in [-0.3, -0.25) is 0 Å². The van der Waals surface area contributed by atoms with Crippen LogP contribution in [0.3, 0.4) is 0 Å². The van der Waals surface area contributed by atoms with E-state index in [4.69, 9.17) is 22.9 Å². The monoisotopic (exact) mass is 417 g/mol. The first-order valence-corrected chi connectivity index (χ1v) is 9.64. The zero-order valence-corrected chi connectivity index (χ0v) is 15.0. The fourth-order valence-corrected chi connectivity index (χ4v) is 4.19. The van der Waals surface area contributed by atoms with Crippen LogP contribution in [0.15, 0.2) is 35.2 Å². The standard InChI is InChI=1S/C17H11ClF3NO4S/c1-22-10-4-9(19)5-11(6-10)26-13-2-3-14(27(24,25)8-18)15-12(13)7-17(20,21)16(15)23/h2-6,16,23H,7-8H2/t16-/m0/s1. The molecule has 0 aliphatic heterocycles. The number of hydrogen-bond acceptors (Lipinski definition) is 4. The quantitative estimate of drug-likeness (QED) is 0.592. The minimum Gasteiger partial charge on any atom is -0.458 e. The van der Waals surface area contributed by atoms with Crippen LogP contribution in [0.2, 0.25) is 0 Å². The second-order valence-electron chi connectivity index (χ2n) is 5.88. The predicted molar refractivity (Wildman–Crippen MR) is 90.7 cm³/mol. The molecule has 0 heterocycles. The molecule has 1 aliphatic carbocycles. The van der Waals surface area contributed by atoms with Gasteiger partial charge in [0.15, 0.2) is 15.5 Å². The molecular weight excluding hydrogens is 407 g/mol. The fourth-order valence-electron chi connectivity index (χ4n) is 2.87. The highest BCUT2D eigenvalue weighted by atomic mass is 35.5. The van der Waals surface area contributed by atoms with E-state index in [1.54, 1.807) is 0 Å². The van der Waals surface area contributed by atoms with Gasteiger partial charge in [-0.1, -0.05) is 0 Å². The topological polar surface area (TPSA) is 68.0 Å². The van der Waals surface area contributed by atoms with E-state index in [2.05, 4.69) is 4.85 Å². The van der Waals surface area contributed by atoms with Crippen LogP contribution in [0.25, 0.3) is 4.85 Å². The highest BCUT2D eigenvalue weighted by Crippen LogP contribution is 2.50. The van der Waals surface area contributed by atoms with Crippen LogP contribution in [0.1, 0.15) is 17.2 Å². The third-order valence-electron chi connectivity index (χ3n) is 4.05. The molecule has 1 aliphatic rings. The van der Waals surface area contributed by atoms with E-state index in [1.165, 1.54) is 6.07 Å². The average Bonchev–Trinajstić information content (AvgIpc) is 2.85. The minimum atomic E-state index is -4.10. The van der Waals surface area contributed by atoms with Crippen molar-refractivity contribution >= 4 is 27.1 Å². The molecule has 0 amide bonds. The first-order valence-electron chi connectivity index (χ1n) is 7.45. The summed E-state index contributed by atoms with van der Waals surface area (Å²) in [6.07, 6.45) is -3.31. The van der Waals surface area contributed by atoms with Crippen molar-refractivity contribution in [1.82, 2.24) is 0 Å². The molecule has 5 nitrogen and oxygen atoms in total. The van der Waals surface area contributed by atoms with Crippen molar-refractivity contribution in [2.24, 2.45) is 0 Å². The molecule has 0 saturated heterocycles. The summed E-state index contributed by atoms with van der Waals surface area (Å²) in [5, 5.41) is 9.10. The van der Waals surface area contributed by atoms with Crippen molar-refractivity contribution in [2.45, 2.75) is 23.3 Å². The third kappa shape index (κ3) is 3.48. The van der Waals surface area contributed by atoms with Crippen molar-refractivity contribution in [2.75, 3.05) is 5.21 Å². The Balaban J connectivity index is 2.15. The van der Waals surface area contributed by atoms with Gasteiger partial charge in [-0.05, 0) is 24.3 Å². The Kier molecular flexibility index (Phi) is 4.84. The summed E-state index contributed by atoms with van der Waals surface area (Å²) in [7, 11) is -4.10. The van der Waals surface area contributed by atoms with Gasteiger partial charge in [-0.2, -0.15) is 0 Å². The normalized spacial score (nSPS) is 18.0. The average molecular weight is 418 g/mol. The molecule has 3 rings (SSSR count). The Bertz CT molecular complexity index is 1070. The molecule has 0 aromatic heterocycles. The number of hydrogen-bond donors (Lipinski definition) is 1. The Morgan fingerprint density at radius 2 is 2.04 bits per heavy atom. The lowest BCUT2D eigenvalue weighted by molar-refractivity contribution is -0.0976. The Hall–Kier alpha value is -2.28. The van der Waals surface area contributed by atoms with E-state index < -0.39 is 49.8 Å². The number of rotatable bonds is 4. The van der Waals surface area contributed by atoms with Crippen molar-refractivity contribution < 1.29 is 31.4 Å². The van der Waals surface area contributed by atoms with E-state index in [-0.39, 0.29) is 22.7 Å². The van der Waals surface area contributed by atoms with E-state index >= 15 is 0 Å². The van der Waals surface area contributed by atoms with Crippen LogP contribution >= 0.6 is 11.6 Å². The molecular formula is C17H11ClF3NO4S. The molecule has 1 atom stereocenters. The lowest BCUT2D eigenvalue weighted by Gasteiger charge is -2.16. The molecule has 142 valence electrons. The number of ether oxygens (including phenoxy) is 1. The Morgan fingerprint density at radius 3 is 2.67 bits per heavy atom. The van der Waals surface area contributed by atoms with Gasteiger partial charge in [-0.15, -0.1) is 11.6 Å². The van der Waals surface area contributed by atoms with Gasteiger partial charge in [0.05, 0.1) is 11.5 Å². The SMILES string of the molecule is [C-]#[N+]c1cc(F)cc(Oc2ccc(S(=O)(=O)CCl)c3c2CC(F)(F)[C@H]3O)c1. The summed E-state index contributed by atoms with van der Waals surface area (Å²) in [6, 6.07) is 5.27. The van der Waals surface area contributed by atoms with Gasteiger partial charge < -0.3 is 9.84 Å². The number of halogens is 4. The first-order chi connectivity index (χ1) is 12.6. The number of benzene rings is 2. The molecule has 1 N–H and O–H groups in total. The van der Waals surface area contributed by atoms with Crippen molar-refractivity contribution in [3.63, 3.8) is 0 Å². The first kappa shape index (κ1) is 19.5. The summed E-state index contributed by atoms with van der Waals surface area (Å²) in [5.41, 5.74) is -0.763. The van der Waals surface area contributed by atoms with Crippen LogP contribution in [0, 0.1) is 12.4 Å². The molecule has 0 spiro atoms. The van der Waals surface area contributed by atoms with Crippen LogP contribution in [-0.4, -0.2) is 24.7 Å². The molecule has 0 radical (unpaired) electrons. The van der Waals surface area contributed by atoms with Crippen LogP contribution < -0.4 is 4.74 Å². The maximum atomic E-state index is 14.1. The Morgan fingerprint density at radius 1 is 1.33 bits per heavy atom. The van der Waals surface area contributed by atoms with Gasteiger partial charge in [-0.25, -0.2) is 26.4 Å². The maximum absolute atomic E-state index is 14.1. The van der Waals surface area contributed by atoms with E-state index in [9.17, 15) is 26.7 Å². The summed E-state index contributed by atoms with van der Waals surface area (Å²) in [5.74, 6) is -4.67. The van der Waals surface area contributed by atoms with Crippen LogP contribution in [-0.2, 0) is 16.3 Å². The molecule has 0 saturated carbocycles. The molecule has 2 aromatic carbocycles. The molecule has 27 heavy (non-hydrogen) atoms. The number of alkyl halides is 3. The second kappa shape index (κ2) is 6.71. The van der Waals surface area contributed by atoms with E-state index in [0.29, 0.717) is 0 Å². The highest BCUT2D eigenvalue weighted by molar-refractivity contribution is 7.92. The molecule has 10 heteroatoms. The summed E-state index contributed by atoms with van der Waals surface area (Å²) in [4.78, 5) is 2.57. The molecule has 0 bridgehead atoms. The minimum absolute atomic E-state index is 0.0617. The summed E-state index contributed by atoms with van der Waals surface area (Å²) >= 11 is 5.41. The zero-order valence-electron chi connectivity index (χ0n) is 13.4. The van der Waals surface area contributed by atoms with E-state index in [1.807, 2.05) is 0 Å². The number of aliphatic hydroxyl groups excluding tert-OH is 1. The van der Waals surface area contributed by atoms with Gasteiger partial charge in [0.2, 0.25) is 0 Å². The molecule has 0 fully saturated rings. The van der Waals surface area contributed by atoms with Gasteiger partial charge in [0.1, 0.15) is 28.6 Å².